The summed E-state index contributed by atoms with van der Waals surface area (Å²) >= 11 is 0. The van der Waals surface area contributed by atoms with Crippen LogP contribution in [0.5, 0.6) is 0 Å². The molecule has 0 aliphatic rings. The van der Waals surface area contributed by atoms with E-state index >= 15 is 0 Å². The minimum atomic E-state index is -0.238. The first-order valence-corrected chi connectivity index (χ1v) is 7.79. The monoisotopic (exact) mass is 444 g/mol. The lowest BCUT2D eigenvalue weighted by molar-refractivity contribution is -0.121. The van der Waals surface area contributed by atoms with Gasteiger partial charge in [-0.2, -0.15) is 0 Å². The lowest BCUT2D eigenvalue weighted by atomic mass is 10.1. The van der Waals surface area contributed by atoms with Gasteiger partial charge in [0, 0.05) is 32.3 Å². The predicted molar refractivity (Wildman–Crippen MR) is 105 cm³/mol. The Balaban J connectivity index is 0. The van der Waals surface area contributed by atoms with Gasteiger partial charge in [-0.3, -0.25) is 4.79 Å². The highest BCUT2D eigenvalue weighted by molar-refractivity contribution is 14.0. The Morgan fingerprint density at radius 1 is 1.13 bits per heavy atom. The lowest BCUT2D eigenvalue weighted by Crippen LogP contribution is -2.43. The van der Waals surface area contributed by atoms with Crippen molar-refractivity contribution in [2.24, 2.45) is 4.99 Å². The summed E-state index contributed by atoms with van der Waals surface area (Å²) in [6, 6.07) is 0. The molecule has 0 aromatic heterocycles. The van der Waals surface area contributed by atoms with E-state index in [2.05, 4.69) is 20.9 Å². The molecule has 7 nitrogen and oxygen atoms in total. The van der Waals surface area contributed by atoms with E-state index in [1.165, 1.54) is 0 Å². The summed E-state index contributed by atoms with van der Waals surface area (Å²) in [5.74, 6) is 0.552. The van der Waals surface area contributed by atoms with Crippen LogP contribution in [0.4, 0.5) is 0 Å². The molecule has 0 saturated heterocycles. The van der Waals surface area contributed by atoms with E-state index in [4.69, 9.17) is 9.47 Å². The van der Waals surface area contributed by atoms with Crippen LogP contribution in [0, 0.1) is 0 Å². The van der Waals surface area contributed by atoms with E-state index in [1.807, 2.05) is 27.7 Å². The summed E-state index contributed by atoms with van der Waals surface area (Å²) in [6.45, 7) is 11.3. The molecule has 0 spiro atoms. The van der Waals surface area contributed by atoms with Gasteiger partial charge in [0.25, 0.3) is 0 Å². The van der Waals surface area contributed by atoms with Gasteiger partial charge in [-0.25, -0.2) is 4.99 Å². The van der Waals surface area contributed by atoms with E-state index in [1.54, 1.807) is 7.11 Å². The minimum absolute atomic E-state index is 0. The van der Waals surface area contributed by atoms with Crippen LogP contribution in [-0.4, -0.2) is 64.0 Å². The first-order chi connectivity index (χ1) is 10.4. The van der Waals surface area contributed by atoms with E-state index in [9.17, 15) is 4.79 Å². The van der Waals surface area contributed by atoms with E-state index in [0.29, 0.717) is 25.8 Å². The molecule has 0 atom stereocenters. The van der Waals surface area contributed by atoms with Crippen molar-refractivity contribution in [1.82, 2.24) is 16.0 Å². The number of rotatable bonds is 10. The topological polar surface area (TPSA) is 84.0 Å². The Morgan fingerprint density at radius 3 is 2.39 bits per heavy atom. The molecule has 0 radical (unpaired) electrons. The van der Waals surface area contributed by atoms with Crippen LogP contribution in [0.1, 0.15) is 34.1 Å². The van der Waals surface area contributed by atoms with Gasteiger partial charge in [0.15, 0.2) is 5.96 Å². The van der Waals surface area contributed by atoms with Crippen molar-refractivity contribution in [3.05, 3.63) is 0 Å². The first kappa shape index (κ1) is 24.6. The molecule has 0 fully saturated rings. The third-order valence-electron chi connectivity index (χ3n) is 2.43. The lowest BCUT2D eigenvalue weighted by Gasteiger charge is -2.20. The van der Waals surface area contributed by atoms with E-state index in [-0.39, 0.29) is 42.0 Å². The average Bonchev–Trinajstić information content (AvgIpc) is 2.41. The summed E-state index contributed by atoms with van der Waals surface area (Å²) in [4.78, 5) is 16.0. The standard InChI is InChI=1S/C15H32N4O3.HI/c1-6-16-14(17-8-7-9-22-11-10-21-5)18-12-13(20)19-15(2,3)4;/h6-12H2,1-5H3,(H,19,20)(H2,16,17,18);1H. The summed E-state index contributed by atoms with van der Waals surface area (Å²) in [5, 5.41) is 9.17. The van der Waals surface area contributed by atoms with Crippen LogP contribution in [0.3, 0.4) is 0 Å². The molecule has 8 heteroatoms. The van der Waals surface area contributed by atoms with Gasteiger partial charge < -0.3 is 25.4 Å². The van der Waals surface area contributed by atoms with Crippen molar-refractivity contribution in [2.75, 3.05) is 46.6 Å². The third kappa shape index (κ3) is 17.6. The molecule has 0 aliphatic heterocycles. The highest BCUT2D eigenvalue weighted by atomic mass is 127. The molecule has 0 heterocycles. The summed E-state index contributed by atoms with van der Waals surface area (Å²) in [7, 11) is 1.65. The predicted octanol–water partition coefficient (Wildman–Crippen LogP) is 1.13. The quantitative estimate of drug-likeness (QED) is 0.204. The van der Waals surface area contributed by atoms with Crippen molar-refractivity contribution in [1.29, 1.82) is 0 Å². The van der Waals surface area contributed by atoms with Gasteiger partial charge >= 0.3 is 0 Å². The number of aliphatic imine (C=N–C) groups is 1. The molecule has 138 valence electrons. The number of hydrogen-bond acceptors (Lipinski definition) is 4. The second-order valence-electron chi connectivity index (χ2n) is 5.88. The van der Waals surface area contributed by atoms with Crippen LogP contribution in [-0.2, 0) is 14.3 Å². The minimum Gasteiger partial charge on any atom is -0.382 e. The van der Waals surface area contributed by atoms with Crippen molar-refractivity contribution < 1.29 is 14.3 Å². The van der Waals surface area contributed by atoms with Gasteiger partial charge in [0.2, 0.25) is 5.91 Å². The molecule has 23 heavy (non-hydrogen) atoms. The maximum atomic E-state index is 11.7. The molecular weight excluding hydrogens is 411 g/mol. The van der Waals surface area contributed by atoms with Gasteiger partial charge in [-0.15, -0.1) is 24.0 Å². The highest BCUT2D eigenvalue weighted by Gasteiger charge is 2.13. The summed E-state index contributed by atoms with van der Waals surface area (Å²) in [6.07, 6.45) is 0.863. The van der Waals surface area contributed by atoms with E-state index in [0.717, 1.165) is 19.5 Å². The highest BCUT2D eigenvalue weighted by Crippen LogP contribution is 1.97. The number of nitrogens with one attached hydrogen (secondary N) is 3. The Labute approximate surface area is 157 Å². The summed E-state index contributed by atoms with van der Waals surface area (Å²) < 4.78 is 10.3. The van der Waals surface area contributed by atoms with Crippen molar-refractivity contribution in [2.45, 2.75) is 39.7 Å². The Kier molecular flexibility index (Phi) is 16.0. The SMILES string of the molecule is CCNC(=NCC(=O)NC(C)(C)C)NCCCOCCOC.I. The molecule has 0 aliphatic carbocycles. The molecule has 0 rings (SSSR count). The normalized spacial score (nSPS) is 11.6. The number of methoxy groups -OCH3 is 1. The van der Waals surface area contributed by atoms with Crippen molar-refractivity contribution >= 4 is 35.8 Å². The maximum Gasteiger partial charge on any atom is 0.242 e. The van der Waals surface area contributed by atoms with Crippen LogP contribution < -0.4 is 16.0 Å². The van der Waals surface area contributed by atoms with Gasteiger partial charge in [-0.05, 0) is 34.1 Å². The largest absolute Gasteiger partial charge is 0.382 e. The van der Waals surface area contributed by atoms with Crippen LogP contribution in [0.15, 0.2) is 4.99 Å². The Morgan fingerprint density at radius 2 is 1.83 bits per heavy atom. The number of carbonyl (C=O) groups is 1. The van der Waals surface area contributed by atoms with E-state index < -0.39 is 0 Å². The molecular formula is C15H33IN4O3. The fourth-order valence-corrected chi connectivity index (χ4v) is 1.58. The molecule has 0 aromatic carbocycles. The zero-order valence-corrected chi connectivity index (χ0v) is 17.4. The number of halogens is 1. The number of nitrogens with zero attached hydrogens (tertiary/aromatic N) is 1. The number of carbonyl (C=O) groups excluding carboxylic acids is 1. The zero-order valence-electron chi connectivity index (χ0n) is 15.0. The Bertz CT molecular complexity index is 333. The zero-order chi connectivity index (χ0) is 16.8. The second-order valence-corrected chi connectivity index (χ2v) is 5.88. The van der Waals surface area contributed by atoms with Crippen molar-refractivity contribution in [3.63, 3.8) is 0 Å². The van der Waals surface area contributed by atoms with Crippen LogP contribution in [0.25, 0.3) is 0 Å². The maximum absolute atomic E-state index is 11.7. The second kappa shape index (κ2) is 14.9. The average molecular weight is 444 g/mol. The smallest absolute Gasteiger partial charge is 0.242 e. The van der Waals surface area contributed by atoms with Crippen molar-refractivity contribution in [3.8, 4) is 0 Å². The third-order valence-corrected chi connectivity index (χ3v) is 2.43. The molecule has 0 aromatic rings. The number of amides is 1. The van der Waals surface area contributed by atoms with Gasteiger partial charge in [-0.1, -0.05) is 0 Å². The van der Waals surface area contributed by atoms with Gasteiger partial charge in [0.05, 0.1) is 13.2 Å². The number of ether oxygens (including phenoxy) is 2. The van der Waals surface area contributed by atoms with Crippen LogP contribution in [0.2, 0.25) is 0 Å². The number of hydrogen-bond donors (Lipinski definition) is 3. The molecule has 0 bridgehead atoms. The number of guanidine groups is 1. The molecule has 1 amide bonds. The fourth-order valence-electron chi connectivity index (χ4n) is 1.58. The van der Waals surface area contributed by atoms with Crippen LogP contribution >= 0.6 is 24.0 Å². The molecule has 0 unspecified atom stereocenters. The molecule has 3 N–H and O–H groups in total. The first-order valence-electron chi connectivity index (χ1n) is 7.79. The molecule has 0 saturated carbocycles. The fraction of sp³-hybridized carbons (Fsp3) is 0.867. The summed E-state index contributed by atoms with van der Waals surface area (Å²) in [5.41, 5.74) is -0.238. The van der Waals surface area contributed by atoms with Gasteiger partial charge in [0.1, 0.15) is 6.54 Å². The Hall–Kier alpha value is -0.610.